The van der Waals surface area contributed by atoms with Gasteiger partial charge in [-0.2, -0.15) is 0 Å². The zero-order chi connectivity index (χ0) is 15.9. The van der Waals surface area contributed by atoms with E-state index >= 15 is 0 Å². The van der Waals surface area contributed by atoms with Gasteiger partial charge in [-0.3, -0.25) is 0 Å². The van der Waals surface area contributed by atoms with Crippen molar-refractivity contribution in [3.05, 3.63) is 42.0 Å². The summed E-state index contributed by atoms with van der Waals surface area (Å²) in [6.45, 7) is 0. The van der Waals surface area contributed by atoms with E-state index in [0.29, 0.717) is 11.8 Å². The van der Waals surface area contributed by atoms with Crippen LogP contribution in [0.2, 0.25) is 0 Å². The number of esters is 1. The average Bonchev–Trinajstić information content (AvgIpc) is 2.59. The van der Waals surface area contributed by atoms with E-state index in [9.17, 15) is 4.79 Å². The number of fused-ring (bicyclic) bond motifs is 3. The quantitative estimate of drug-likeness (QED) is 0.614. The van der Waals surface area contributed by atoms with Gasteiger partial charge in [0.2, 0.25) is 0 Å². The van der Waals surface area contributed by atoms with Crippen LogP contribution in [0, 0.1) is 23.7 Å². The van der Waals surface area contributed by atoms with Crippen molar-refractivity contribution in [3.8, 4) is 0 Å². The Bertz CT molecular complexity index is 843. The highest BCUT2D eigenvalue weighted by Crippen LogP contribution is 2.66. The summed E-state index contributed by atoms with van der Waals surface area (Å²) in [4.78, 5) is 13.9. The normalized spacial score (nSPS) is 39.2. The summed E-state index contributed by atoms with van der Waals surface area (Å²) in [6.07, 6.45) is 6.46. The van der Waals surface area contributed by atoms with Crippen molar-refractivity contribution in [1.29, 1.82) is 0 Å². The Balaban J connectivity index is 1.50. The molecule has 24 heavy (non-hydrogen) atoms. The van der Waals surface area contributed by atoms with Crippen molar-refractivity contribution in [2.24, 2.45) is 23.7 Å². The highest BCUT2D eigenvalue weighted by atomic mass is 32.2. The van der Waals surface area contributed by atoms with E-state index < -0.39 is 0 Å². The summed E-state index contributed by atoms with van der Waals surface area (Å²) in [7, 11) is 0. The van der Waals surface area contributed by atoms with Crippen LogP contribution in [0.4, 0.5) is 0 Å². The lowest BCUT2D eigenvalue weighted by Gasteiger charge is -2.60. The second-order valence-corrected chi connectivity index (χ2v) is 9.46. The fourth-order valence-electron chi connectivity index (χ4n) is 6.11. The molecular formula is C21H20O2S. The Hall–Kier alpha value is -1.48. The standard InChI is InChI=1S/C21H20O2S/c22-20-19-17-4-2-1-3-14(17)5-6-18(19)24-21(23-20)15-8-12-7-13(10-15)11-16(21)9-12/h1-6,12-13,15-16H,7-11H2. The highest BCUT2D eigenvalue weighted by Gasteiger charge is 2.61. The Labute approximate surface area is 146 Å². The Morgan fingerprint density at radius 1 is 0.917 bits per heavy atom. The van der Waals surface area contributed by atoms with E-state index in [2.05, 4.69) is 18.2 Å². The van der Waals surface area contributed by atoms with Crippen molar-refractivity contribution in [3.63, 3.8) is 0 Å². The first-order valence-corrected chi connectivity index (χ1v) is 9.98. The minimum Gasteiger partial charge on any atom is -0.443 e. The summed E-state index contributed by atoms with van der Waals surface area (Å²) in [5, 5.41) is 2.15. The van der Waals surface area contributed by atoms with E-state index in [0.717, 1.165) is 33.1 Å². The molecule has 1 aliphatic heterocycles. The predicted octanol–water partition coefficient (Wildman–Crippen LogP) is 5.25. The van der Waals surface area contributed by atoms with Crippen molar-refractivity contribution in [1.82, 2.24) is 0 Å². The lowest BCUT2D eigenvalue weighted by Crippen LogP contribution is -2.58. The van der Waals surface area contributed by atoms with Gasteiger partial charge in [-0.1, -0.05) is 42.1 Å². The number of benzene rings is 2. The molecule has 122 valence electrons. The second-order valence-electron chi connectivity index (χ2n) is 8.18. The van der Waals surface area contributed by atoms with Gasteiger partial charge < -0.3 is 4.74 Å². The third-order valence-corrected chi connectivity index (χ3v) is 8.52. The van der Waals surface area contributed by atoms with E-state index in [1.165, 1.54) is 32.1 Å². The van der Waals surface area contributed by atoms with Crippen LogP contribution in [0.5, 0.6) is 0 Å². The lowest BCUT2D eigenvalue weighted by atomic mass is 9.54. The van der Waals surface area contributed by atoms with Gasteiger partial charge >= 0.3 is 5.97 Å². The van der Waals surface area contributed by atoms with Crippen LogP contribution in [0.25, 0.3) is 10.8 Å². The molecule has 0 amide bonds. The van der Waals surface area contributed by atoms with Gasteiger partial charge in [0.15, 0.2) is 4.93 Å². The molecule has 1 heterocycles. The van der Waals surface area contributed by atoms with Gasteiger partial charge in [0.05, 0.1) is 5.56 Å². The van der Waals surface area contributed by atoms with Crippen LogP contribution in [-0.4, -0.2) is 10.9 Å². The predicted molar refractivity (Wildman–Crippen MR) is 95.0 cm³/mol. The zero-order valence-corrected chi connectivity index (χ0v) is 14.4. The number of hydrogen-bond acceptors (Lipinski definition) is 3. The number of carbonyl (C=O) groups is 1. The van der Waals surface area contributed by atoms with Crippen LogP contribution in [-0.2, 0) is 4.74 Å². The number of carbonyl (C=O) groups excluding carboxylic acids is 1. The first-order chi connectivity index (χ1) is 11.7. The van der Waals surface area contributed by atoms with E-state index in [-0.39, 0.29) is 10.9 Å². The maximum atomic E-state index is 13.1. The Morgan fingerprint density at radius 2 is 1.62 bits per heavy atom. The Morgan fingerprint density at radius 3 is 2.38 bits per heavy atom. The molecule has 2 aromatic carbocycles. The van der Waals surface area contributed by atoms with Crippen LogP contribution in [0.1, 0.15) is 42.5 Å². The van der Waals surface area contributed by atoms with Crippen molar-refractivity contribution < 1.29 is 9.53 Å². The third kappa shape index (κ3) is 1.67. The molecule has 4 fully saturated rings. The van der Waals surface area contributed by atoms with Crippen LogP contribution >= 0.6 is 11.8 Å². The second kappa shape index (κ2) is 4.57. The minimum atomic E-state index is -0.278. The SMILES string of the molecule is O=C1OC2(Sc3ccc4ccccc4c31)C1CC3CC(C1)CC2C3. The molecule has 2 aromatic rings. The molecule has 4 saturated carbocycles. The molecule has 3 heteroatoms. The first kappa shape index (κ1) is 13.8. The molecule has 4 aliphatic carbocycles. The van der Waals surface area contributed by atoms with Crippen molar-refractivity contribution in [2.45, 2.75) is 41.9 Å². The molecule has 1 spiro atoms. The molecule has 0 aromatic heterocycles. The smallest absolute Gasteiger partial charge is 0.341 e. The third-order valence-electron chi connectivity index (χ3n) is 6.89. The first-order valence-electron chi connectivity index (χ1n) is 9.17. The molecular weight excluding hydrogens is 316 g/mol. The molecule has 7 rings (SSSR count). The number of rotatable bonds is 0. The van der Waals surface area contributed by atoms with Crippen molar-refractivity contribution >= 4 is 28.5 Å². The maximum Gasteiger partial charge on any atom is 0.341 e. The topological polar surface area (TPSA) is 26.3 Å². The number of ether oxygens (including phenoxy) is 1. The summed E-state index contributed by atoms with van der Waals surface area (Å²) in [6, 6.07) is 12.5. The summed E-state index contributed by atoms with van der Waals surface area (Å²) >= 11 is 1.87. The molecule has 0 saturated heterocycles. The molecule has 0 N–H and O–H groups in total. The van der Waals surface area contributed by atoms with E-state index in [1.807, 2.05) is 30.0 Å². The monoisotopic (exact) mass is 336 g/mol. The molecule has 0 radical (unpaired) electrons. The van der Waals surface area contributed by atoms with Gasteiger partial charge in [0.25, 0.3) is 0 Å². The van der Waals surface area contributed by atoms with Gasteiger partial charge in [-0.15, -0.1) is 0 Å². The highest BCUT2D eigenvalue weighted by molar-refractivity contribution is 8.00. The molecule has 2 nitrogen and oxygen atoms in total. The number of hydrogen-bond donors (Lipinski definition) is 0. The summed E-state index contributed by atoms with van der Waals surface area (Å²) in [5.41, 5.74) is 0.789. The maximum absolute atomic E-state index is 13.1. The van der Waals surface area contributed by atoms with Gasteiger partial charge in [-0.05, 0) is 60.8 Å². The van der Waals surface area contributed by atoms with Crippen LogP contribution in [0.15, 0.2) is 41.3 Å². The molecule has 0 atom stereocenters. The van der Waals surface area contributed by atoms with E-state index in [4.69, 9.17) is 4.74 Å². The zero-order valence-electron chi connectivity index (χ0n) is 13.5. The lowest BCUT2D eigenvalue weighted by molar-refractivity contribution is -0.124. The van der Waals surface area contributed by atoms with E-state index in [1.54, 1.807) is 0 Å². The molecule has 5 aliphatic rings. The Kier molecular flexibility index (Phi) is 2.62. The average molecular weight is 336 g/mol. The van der Waals surface area contributed by atoms with Gasteiger partial charge in [0.1, 0.15) is 0 Å². The largest absolute Gasteiger partial charge is 0.443 e. The van der Waals surface area contributed by atoms with Gasteiger partial charge in [0, 0.05) is 16.7 Å². The van der Waals surface area contributed by atoms with Crippen LogP contribution < -0.4 is 0 Å². The van der Waals surface area contributed by atoms with Gasteiger partial charge in [-0.25, -0.2) is 4.79 Å². The summed E-state index contributed by atoms with van der Waals surface area (Å²) < 4.78 is 6.31. The van der Waals surface area contributed by atoms with Crippen LogP contribution in [0.3, 0.4) is 0 Å². The number of thioether (sulfide) groups is 1. The minimum absolute atomic E-state index is 0.0898. The molecule has 4 bridgehead atoms. The summed E-state index contributed by atoms with van der Waals surface area (Å²) in [5.74, 6) is 2.79. The van der Waals surface area contributed by atoms with Crippen molar-refractivity contribution in [2.75, 3.05) is 0 Å². The molecule has 0 unspecified atom stereocenters. The fourth-order valence-corrected chi connectivity index (χ4v) is 7.72. The fraction of sp³-hybridized carbons (Fsp3) is 0.476.